The van der Waals surface area contributed by atoms with Crippen LogP contribution >= 0.6 is 0 Å². The number of carbonyl (C=O) groups is 1. The highest BCUT2D eigenvalue weighted by atomic mass is 32.2. The summed E-state index contributed by atoms with van der Waals surface area (Å²) < 4.78 is 48.2. The molecule has 0 spiro atoms. The van der Waals surface area contributed by atoms with E-state index in [1.165, 1.54) is 18.2 Å². The molecule has 0 saturated carbocycles. The number of amides is 1. The van der Waals surface area contributed by atoms with Crippen LogP contribution in [0.4, 0.5) is 14.5 Å². The third kappa shape index (κ3) is 4.96. The number of anilines is 1. The summed E-state index contributed by atoms with van der Waals surface area (Å²) in [6.07, 6.45) is 0. The summed E-state index contributed by atoms with van der Waals surface area (Å²) in [7, 11) is -4.71. The summed E-state index contributed by atoms with van der Waals surface area (Å²) in [5.74, 6) is -3.57. The molecule has 1 amide bonds. The molecule has 5 nitrogen and oxygen atoms in total. The van der Waals surface area contributed by atoms with Gasteiger partial charge in [-0.15, -0.1) is 0 Å². The molecule has 1 aromatic carbocycles. The summed E-state index contributed by atoms with van der Waals surface area (Å²) >= 11 is 0. The van der Waals surface area contributed by atoms with Crippen molar-refractivity contribution in [1.29, 1.82) is 0 Å². The fourth-order valence-corrected chi connectivity index (χ4v) is 2.42. The van der Waals surface area contributed by atoms with Crippen molar-refractivity contribution < 1.29 is 22.0 Å². The topological polar surface area (TPSA) is 75.3 Å². The van der Waals surface area contributed by atoms with E-state index in [2.05, 4.69) is 10.6 Å². The highest BCUT2D eigenvalue weighted by Crippen LogP contribution is 2.25. The lowest BCUT2D eigenvalue weighted by molar-refractivity contribution is -0.119. The van der Waals surface area contributed by atoms with E-state index in [1.807, 2.05) is 13.8 Å². The second kappa shape index (κ2) is 7.35. The minimum Gasteiger partial charge on any atom is -0.375 e. The minimum atomic E-state index is -4.71. The van der Waals surface area contributed by atoms with Crippen molar-refractivity contribution in [2.45, 2.75) is 24.5 Å². The van der Waals surface area contributed by atoms with Gasteiger partial charge in [0.15, 0.2) is 0 Å². The zero-order chi connectivity index (χ0) is 16.0. The Morgan fingerprint density at radius 1 is 1.24 bits per heavy atom. The maximum absolute atomic E-state index is 12.6. The normalized spacial score (nSPS) is 11.7. The fraction of sp³-hybridized carbons (Fsp3) is 0.462. The number of nitrogens with one attached hydrogen (secondary N) is 2. The highest BCUT2D eigenvalue weighted by molar-refractivity contribution is 7.91. The van der Waals surface area contributed by atoms with Gasteiger partial charge in [-0.2, -0.15) is 8.78 Å². The maximum atomic E-state index is 12.6. The van der Waals surface area contributed by atoms with Crippen LogP contribution in [0.2, 0.25) is 0 Å². The monoisotopic (exact) mass is 320 g/mol. The summed E-state index contributed by atoms with van der Waals surface area (Å²) in [4.78, 5) is 11.0. The second-order valence-electron chi connectivity index (χ2n) is 4.85. The number of carbonyl (C=O) groups excluding carboxylic acids is 1. The van der Waals surface area contributed by atoms with Gasteiger partial charge < -0.3 is 10.6 Å². The van der Waals surface area contributed by atoms with E-state index in [1.54, 1.807) is 0 Å². The molecule has 118 valence electrons. The lowest BCUT2D eigenvalue weighted by Gasteiger charge is -2.12. The molecule has 0 unspecified atom stereocenters. The van der Waals surface area contributed by atoms with E-state index in [4.69, 9.17) is 0 Å². The van der Waals surface area contributed by atoms with Crippen molar-refractivity contribution >= 4 is 21.4 Å². The van der Waals surface area contributed by atoms with Crippen molar-refractivity contribution in [3.05, 3.63) is 24.3 Å². The molecular formula is C13H18F2N2O3S. The standard InChI is InChI=1S/C13H18F2N2O3S/c1-9(2)7-17-12(18)8-16-10-5-3-4-6-11(10)21(19,20)13(14)15/h3-6,9,13,16H,7-8H2,1-2H3,(H,17,18). The van der Waals surface area contributed by atoms with Gasteiger partial charge in [0.25, 0.3) is 0 Å². The van der Waals surface area contributed by atoms with Crippen molar-refractivity contribution in [3.63, 3.8) is 0 Å². The summed E-state index contributed by atoms with van der Waals surface area (Å²) in [5, 5.41) is 5.21. The first kappa shape index (κ1) is 17.4. The molecule has 0 aromatic heterocycles. The predicted octanol–water partition coefficient (Wildman–Crippen LogP) is 1.87. The van der Waals surface area contributed by atoms with Crippen LogP contribution in [0.15, 0.2) is 29.2 Å². The van der Waals surface area contributed by atoms with E-state index in [-0.39, 0.29) is 24.1 Å². The van der Waals surface area contributed by atoms with Crippen LogP contribution in [0.5, 0.6) is 0 Å². The van der Waals surface area contributed by atoms with Crippen LogP contribution < -0.4 is 10.6 Å². The molecule has 21 heavy (non-hydrogen) atoms. The van der Waals surface area contributed by atoms with Crippen molar-refractivity contribution in [2.75, 3.05) is 18.4 Å². The first-order valence-electron chi connectivity index (χ1n) is 6.36. The zero-order valence-corrected chi connectivity index (χ0v) is 12.6. The zero-order valence-electron chi connectivity index (χ0n) is 11.8. The Morgan fingerprint density at radius 2 is 1.86 bits per heavy atom. The van der Waals surface area contributed by atoms with Gasteiger partial charge in [-0.3, -0.25) is 4.79 Å². The van der Waals surface area contributed by atoms with Crippen molar-refractivity contribution in [2.24, 2.45) is 5.92 Å². The third-order valence-corrected chi connectivity index (χ3v) is 4.01. The van der Waals surface area contributed by atoms with Gasteiger partial charge in [-0.05, 0) is 18.1 Å². The Hall–Kier alpha value is -1.70. The van der Waals surface area contributed by atoms with Gasteiger partial charge in [0.1, 0.15) is 0 Å². The third-order valence-electron chi connectivity index (χ3n) is 2.58. The number of benzene rings is 1. The number of hydrogen-bond donors (Lipinski definition) is 2. The summed E-state index contributed by atoms with van der Waals surface area (Å²) in [6, 6.07) is 5.26. The van der Waals surface area contributed by atoms with E-state index >= 15 is 0 Å². The molecule has 8 heteroatoms. The lowest BCUT2D eigenvalue weighted by atomic mass is 10.2. The van der Waals surface area contributed by atoms with Gasteiger partial charge in [-0.1, -0.05) is 26.0 Å². The Bertz CT molecular complexity index is 589. The Kier molecular flexibility index (Phi) is 6.07. The molecule has 0 saturated heterocycles. The van der Waals surface area contributed by atoms with Gasteiger partial charge in [0.2, 0.25) is 15.7 Å². The highest BCUT2D eigenvalue weighted by Gasteiger charge is 2.28. The van der Waals surface area contributed by atoms with Crippen LogP contribution in [0, 0.1) is 5.92 Å². The minimum absolute atomic E-state index is 0.0162. The van der Waals surface area contributed by atoms with Crippen LogP contribution in [0.25, 0.3) is 0 Å². The molecular weight excluding hydrogens is 302 g/mol. The molecule has 0 fully saturated rings. The Labute approximate surface area is 122 Å². The SMILES string of the molecule is CC(C)CNC(=O)CNc1ccccc1S(=O)(=O)C(F)F. The van der Waals surface area contributed by atoms with E-state index in [0.29, 0.717) is 6.54 Å². The van der Waals surface area contributed by atoms with E-state index < -0.39 is 20.5 Å². The predicted molar refractivity (Wildman–Crippen MR) is 76.0 cm³/mol. The number of sulfone groups is 1. The van der Waals surface area contributed by atoms with Crippen LogP contribution in [-0.2, 0) is 14.6 Å². The molecule has 1 aromatic rings. The average Bonchev–Trinajstić information content (AvgIpc) is 2.42. The second-order valence-corrected chi connectivity index (χ2v) is 6.74. The molecule has 1 rings (SSSR count). The number of para-hydroxylation sites is 1. The van der Waals surface area contributed by atoms with Crippen molar-refractivity contribution in [3.8, 4) is 0 Å². The number of hydrogen-bond acceptors (Lipinski definition) is 4. The fourth-order valence-electron chi connectivity index (χ4n) is 1.51. The van der Waals surface area contributed by atoms with E-state index in [9.17, 15) is 22.0 Å². The molecule has 0 atom stereocenters. The van der Waals surface area contributed by atoms with Gasteiger partial charge in [-0.25, -0.2) is 8.42 Å². The molecule has 0 heterocycles. The van der Waals surface area contributed by atoms with E-state index in [0.717, 1.165) is 6.07 Å². The van der Waals surface area contributed by atoms with Crippen LogP contribution in [0.3, 0.4) is 0 Å². The average molecular weight is 320 g/mol. The quantitative estimate of drug-likeness (QED) is 0.804. The Balaban J connectivity index is 2.79. The molecule has 0 aliphatic heterocycles. The van der Waals surface area contributed by atoms with Crippen molar-refractivity contribution in [1.82, 2.24) is 5.32 Å². The smallest absolute Gasteiger partial charge is 0.341 e. The summed E-state index contributed by atoms with van der Waals surface area (Å²) in [6.45, 7) is 4.15. The molecule has 0 bridgehead atoms. The number of halogens is 2. The maximum Gasteiger partial charge on any atom is 0.341 e. The largest absolute Gasteiger partial charge is 0.375 e. The van der Waals surface area contributed by atoms with Gasteiger partial charge >= 0.3 is 5.76 Å². The van der Waals surface area contributed by atoms with Gasteiger partial charge in [0, 0.05) is 6.54 Å². The molecule has 0 radical (unpaired) electrons. The van der Waals surface area contributed by atoms with Crippen LogP contribution in [-0.4, -0.2) is 33.2 Å². The molecule has 0 aliphatic rings. The lowest BCUT2D eigenvalue weighted by Crippen LogP contribution is -2.32. The number of rotatable bonds is 7. The number of alkyl halides is 2. The van der Waals surface area contributed by atoms with Gasteiger partial charge in [0.05, 0.1) is 17.1 Å². The first-order chi connectivity index (χ1) is 9.75. The van der Waals surface area contributed by atoms with Crippen LogP contribution in [0.1, 0.15) is 13.8 Å². The summed E-state index contributed by atoms with van der Waals surface area (Å²) in [5.41, 5.74) is -0.0162. The Morgan fingerprint density at radius 3 is 2.43 bits per heavy atom. The molecule has 0 aliphatic carbocycles. The molecule has 2 N–H and O–H groups in total. The first-order valence-corrected chi connectivity index (χ1v) is 7.91.